The van der Waals surface area contributed by atoms with Gasteiger partial charge in [0.25, 0.3) is 0 Å². The zero-order valence-corrected chi connectivity index (χ0v) is 10.7. The maximum atomic E-state index is 13.4. The molecular formula is C14H13F2NS. The molecule has 0 aromatic heterocycles. The molecule has 2 aromatic carbocycles. The van der Waals surface area contributed by atoms with Crippen molar-refractivity contribution in [2.75, 3.05) is 5.73 Å². The van der Waals surface area contributed by atoms with Gasteiger partial charge in [0.1, 0.15) is 11.6 Å². The van der Waals surface area contributed by atoms with Gasteiger partial charge in [-0.15, -0.1) is 11.8 Å². The van der Waals surface area contributed by atoms with E-state index in [0.717, 1.165) is 16.5 Å². The molecule has 2 N–H and O–H groups in total. The first-order valence-corrected chi connectivity index (χ1v) is 6.48. The summed E-state index contributed by atoms with van der Waals surface area (Å²) in [6, 6.07) is 9.36. The first-order valence-electron chi connectivity index (χ1n) is 5.50. The van der Waals surface area contributed by atoms with Gasteiger partial charge in [0.15, 0.2) is 0 Å². The monoisotopic (exact) mass is 265 g/mol. The van der Waals surface area contributed by atoms with Gasteiger partial charge >= 0.3 is 0 Å². The molecule has 0 spiro atoms. The normalized spacial score (nSPS) is 10.6. The molecule has 0 radical (unpaired) electrons. The van der Waals surface area contributed by atoms with E-state index in [1.54, 1.807) is 0 Å². The van der Waals surface area contributed by atoms with Crippen molar-refractivity contribution in [3.63, 3.8) is 0 Å². The molecule has 2 aromatic rings. The molecule has 0 bridgehead atoms. The number of para-hydroxylation sites is 1. The van der Waals surface area contributed by atoms with Crippen molar-refractivity contribution in [3.05, 3.63) is 59.2 Å². The molecule has 0 aliphatic rings. The van der Waals surface area contributed by atoms with E-state index in [0.29, 0.717) is 17.0 Å². The summed E-state index contributed by atoms with van der Waals surface area (Å²) >= 11 is 1.45. The number of nitrogens with two attached hydrogens (primary N) is 1. The highest BCUT2D eigenvalue weighted by molar-refractivity contribution is 7.98. The zero-order chi connectivity index (χ0) is 13.1. The van der Waals surface area contributed by atoms with Crippen molar-refractivity contribution in [1.82, 2.24) is 0 Å². The predicted octanol–water partition coefficient (Wildman–Crippen LogP) is 4.15. The molecule has 0 atom stereocenters. The maximum Gasteiger partial charge on any atom is 0.130 e. The van der Waals surface area contributed by atoms with E-state index >= 15 is 0 Å². The minimum absolute atomic E-state index is 0.430. The summed E-state index contributed by atoms with van der Waals surface area (Å²) in [6.45, 7) is 1.93. The summed E-state index contributed by atoms with van der Waals surface area (Å²) in [6.07, 6.45) is 0. The first-order chi connectivity index (χ1) is 8.58. The summed E-state index contributed by atoms with van der Waals surface area (Å²) in [5, 5.41) is 0. The van der Waals surface area contributed by atoms with Crippen LogP contribution in [0, 0.1) is 18.6 Å². The predicted molar refractivity (Wildman–Crippen MR) is 71.5 cm³/mol. The number of nitrogen functional groups attached to an aromatic ring is 1. The zero-order valence-electron chi connectivity index (χ0n) is 9.91. The lowest BCUT2D eigenvalue weighted by atomic mass is 10.2. The van der Waals surface area contributed by atoms with Gasteiger partial charge in [-0.25, -0.2) is 8.78 Å². The molecule has 2 rings (SSSR count). The van der Waals surface area contributed by atoms with Crippen LogP contribution >= 0.6 is 11.8 Å². The second-order valence-corrected chi connectivity index (χ2v) is 5.03. The minimum atomic E-state index is -0.559. The van der Waals surface area contributed by atoms with Crippen LogP contribution in [0.25, 0.3) is 0 Å². The fraction of sp³-hybridized carbons (Fsp3) is 0.143. The molecular weight excluding hydrogens is 252 g/mol. The van der Waals surface area contributed by atoms with Crippen LogP contribution in [0.1, 0.15) is 11.1 Å². The number of hydrogen-bond acceptors (Lipinski definition) is 2. The Labute approximate surface area is 109 Å². The lowest BCUT2D eigenvalue weighted by Gasteiger charge is -2.08. The van der Waals surface area contributed by atoms with Crippen molar-refractivity contribution < 1.29 is 8.78 Å². The van der Waals surface area contributed by atoms with E-state index in [1.165, 1.54) is 23.9 Å². The van der Waals surface area contributed by atoms with Gasteiger partial charge < -0.3 is 5.73 Å². The Morgan fingerprint density at radius 3 is 2.67 bits per heavy atom. The molecule has 0 unspecified atom stereocenters. The van der Waals surface area contributed by atoms with Crippen LogP contribution in [0.4, 0.5) is 14.5 Å². The Morgan fingerprint density at radius 2 is 1.94 bits per heavy atom. The molecule has 18 heavy (non-hydrogen) atoms. The highest BCUT2D eigenvalue weighted by Gasteiger charge is 2.07. The van der Waals surface area contributed by atoms with Crippen LogP contribution in [-0.4, -0.2) is 0 Å². The van der Waals surface area contributed by atoms with Crippen molar-refractivity contribution in [2.45, 2.75) is 17.6 Å². The Balaban J connectivity index is 2.14. The second-order valence-electron chi connectivity index (χ2n) is 4.01. The van der Waals surface area contributed by atoms with Gasteiger partial charge in [0.05, 0.1) is 0 Å². The minimum Gasteiger partial charge on any atom is -0.398 e. The van der Waals surface area contributed by atoms with E-state index in [2.05, 4.69) is 0 Å². The number of aryl methyl sites for hydroxylation is 1. The van der Waals surface area contributed by atoms with Crippen LogP contribution in [0.2, 0.25) is 0 Å². The summed E-state index contributed by atoms with van der Waals surface area (Å²) < 4.78 is 26.2. The van der Waals surface area contributed by atoms with Gasteiger partial charge in [-0.3, -0.25) is 0 Å². The molecule has 0 amide bonds. The van der Waals surface area contributed by atoms with Crippen LogP contribution in [0.3, 0.4) is 0 Å². The average Bonchev–Trinajstić information content (AvgIpc) is 2.33. The van der Waals surface area contributed by atoms with E-state index in [4.69, 9.17) is 5.73 Å². The fourth-order valence-electron chi connectivity index (χ4n) is 1.57. The number of halogens is 2. The smallest absolute Gasteiger partial charge is 0.130 e. The number of benzene rings is 2. The van der Waals surface area contributed by atoms with Gasteiger partial charge in [0.2, 0.25) is 0 Å². The summed E-state index contributed by atoms with van der Waals surface area (Å²) in [7, 11) is 0. The van der Waals surface area contributed by atoms with Crippen molar-refractivity contribution in [3.8, 4) is 0 Å². The molecule has 0 aliphatic heterocycles. The molecule has 0 heterocycles. The third-order valence-corrected chi connectivity index (χ3v) is 3.80. The van der Waals surface area contributed by atoms with E-state index in [1.807, 2.05) is 25.1 Å². The molecule has 0 saturated heterocycles. The van der Waals surface area contributed by atoms with Crippen molar-refractivity contribution in [1.29, 1.82) is 0 Å². The Hall–Kier alpha value is -1.55. The fourth-order valence-corrected chi connectivity index (χ4v) is 2.61. The average molecular weight is 265 g/mol. The van der Waals surface area contributed by atoms with Gasteiger partial charge in [-0.1, -0.05) is 18.2 Å². The van der Waals surface area contributed by atoms with Crippen LogP contribution in [0.5, 0.6) is 0 Å². The van der Waals surface area contributed by atoms with E-state index in [-0.39, 0.29) is 0 Å². The molecule has 4 heteroatoms. The first kappa shape index (κ1) is 12.9. The van der Waals surface area contributed by atoms with E-state index in [9.17, 15) is 8.78 Å². The molecule has 0 aliphatic carbocycles. The number of anilines is 1. The van der Waals surface area contributed by atoms with Crippen molar-refractivity contribution >= 4 is 17.4 Å². The lowest BCUT2D eigenvalue weighted by Crippen LogP contribution is -1.93. The van der Waals surface area contributed by atoms with Gasteiger partial charge in [-0.05, 0) is 30.2 Å². The third kappa shape index (κ3) is 2.82. The highest BCUT2D eigenvalue weighted by atomic mass is 32.2. The van der Waals surface area contributed by atoms with Gasteiger partial charge in [0, 0.05) is 22.4 Å². The molecule has 0 fully saturated rings. The van der Waals surface area contributed by atoms with Crippen LogP contribution < -0.4 is 5.73 Å². The number of hydrogen-bond donors (Lipinski definition) is 1. The summed E-state index contributed by atoms with van der Waals surface area (Å²) in [5.41, 5.74) is 8.12. The highest BCUT2D eigenvalue weighted by Crippen LogP contribution is 2.30. The lowest BCUT2D eigenvalue weighted by molar-refractivity contribution is 0.576. The summed E-state index contributed by atoms with van der Waals surface area (Å²) in [5.74, 6) is -0.648. The summed E-state index contributed by atoms with van der Waals surface area (Å²) in [4.78, 5) is 0.915. The standard InChI is InChI=1S/C14H13F2NS/c1-9-3-2-4-13(14(9)17)18-8-10-5-6-11(15)7-12(10)16/h2-7H,8,17H2,1H3. The van der Waals surface area contributed by atoms with Crippen LogP contribution in [0.15, 0.2) is 41.3 Å². The molecule has 94 valence electrons. The Bertz CT molecular complexity index is 570. The Kier molecular flexibility index (Phi) is 3.87. The maximum absolute atomic E-state index is 13.4. The third-order valence-electron chi connectivity index (χ3n) is 2.68. The molecule has 1 nitrogen and oxygen atoms in total. The topological polar surface area (TPSA) is 26.0 Å². The van der Waals surface area contributed by atoms with E-state index < -0.39 is 11.6 Å². The van der Waals surface area contributed by atoms with Crippen molar-refractivity contribution in [2.24, 2.45) is 0 Å². The van der Waals surface area contributed by atoms with Gasteiger partial charge in [-0.2, -0.15) is 0 Å². The SMILES string of the molecule is Cc1cccc(SCc2ccc(F)cc2F)c1N. The quantitative estimate of drug-likeness (QED) is 0.666. The second kappa shape index (κ2) is 5.40. The number of rotatable bonds is 3. The van der Waals surface area contributed by atoms with Crippen LogP contribution in [-0.2, 0) is 5.75 Å². The Morgan fingerprint density at radius 1 is 1.17 bits per heavy atom. The number of thioether (sulfide) groups is 1. The largest absolute Gasteiger partial charge is 0.398 e. The molecule has 0 saturated carbocycles.